The maximum atomic E-state index is 13.4. The molecule has 1 fully saturated rings. The number of halogens is 1. The average Bonchev–Trinajstić information content (AvgIpc) is 3.35. The van der Waals surface area contributed by atoms with Gasteiger partial charge in [-0.25, -0.2) is 9.18 Å². The Hall–Kier alpha value is -3.38. The lowest BCUT2D eigenvalue weighted by Crippen LogP contribution is -2.45. The minimum Gasteiger partial charge on any atom is -0.450 e. The van der Waals surface area contributed by atoms with Gasteiger partial charge in [-0.2, -0.15) is 0 Å². The van der Waals surface area contributed by atoms with Crippen LogP contribution in [0.15, 0.2) is 66.4 Å². The van der Waals surface area contributed by atoms with Crippen molar-refractivity contribution in [1.82, 2.24) is 4.57 Å². The second-order valence-electron chi connectivity index (χ2n) is 9.79. The lowest BCUT2D eigenvalue weighted by molar-refractivity contribution is -0.0461. The Labute approximate surface area is 205 Å². The Kier molecular flexibility index (Phi) is 6.01. The number of amides is 1. The molecule has 1 saturated carbocycles. The molecule has 2 aromatic carbocycles. The summed E-state index contributed by atoms with van der Waals surface area (Å²) in [6.07, 6.45) is 7.30. The number of carbonyl (C=O) groups is 1. The minimum absolute atomic E-state index is 0.249. The predicted octanol–water partition coefficient (Wildman–Crippen LogP) is 6.29. The van der Waals surface area contributed by atoms with Crippen LogP contribution in [-0.4, -0.2) is 28.0 Å². The van der Waals surface area contributed by atoms with Gasteiger partial charge in [0.15, 0.2) is 0 Å². The van der Waals surface area contributed by atoms with Crippen molar-refractivity contribution in [2.24, 2.45) is 5.41 Å². The highest BCUT2D eigenvalue weighted by atomic mass is 19.1. The van der Waals surface area contributed by atoms with E-state index in [0.717, 1.165) is 35.5 Å². The number of anilines is 1. The molecule has 0 spiro atoms. The van der Waals surface area contributed by atoms with Gasteiger partial charge in [-0.1, -0.05) is 30.7 Å². The van der Waals surface area contributed by atoms with Crippen LogP contribution in [0.1, 0.15) is 49.9 Å². The number of benzene rings is 2. The van der Waals surface area contributed by atoms with Crippen LogP contribution in [0.5, 0.6) is 0 Å². The number of hydrogen-bond donors (Lipinski definition) is 2. The molecule has 1 amide bonds. The van der Waals surface area contributed by atoms with Crippen molar-refractivity contribution in [3.63, 3.8) is 0 Å². The van der Waals surface area contributed by atoms with Crippen LogP contribution in [0, 0.1) is 11.2 Å². The quantitative estimate of drug-likeness (QED) is 0.441. The van der Waals surface area contributed by atoms with Gasteiger partial charge in [0.2, 0.25) is 0 Å². The zero-order chi connectivity index (χ0) is 24.6. The van der Waals surface area contributed by atoms with E-state index in [9.17, 15) is 14.3 Å². The fraction of sp³-hybridized carbons (Fsp3) is 0.345. The summed E-state index contributed by atoms with van der Waals surface area (Å²) in [7, 11) is 0. The third-order valence-corrected chi connectivity index (χ3v) is 7.85. The molecule has 2 N–H and O–H groups in total. The highest BCUT2D eigenvalue weighted by Crippen LogP contribution is 2.57. The summed E-state index contributed by atoms with van der Waals surface area (Å²) < 4.78 is 20.5. The molecule has 3 aromatic rings. The Morgan fingerprint density at radius 2 is 1.94 bits per heavy atom. The predicted molar refractivity (Wildman–Crippen MR) is 135 cm³/mol. The third-order valence-electron chi connectivity index (χ3n) is 7.85. The summed E-state index contributed by atoms with van der Waals surface area (Å²) in [6.45, 7) is 4.26. The van der Waals surface area contributed by atoms with E-state index in [1.807, 2.05) is 30.5 Å². The lowest BCUT2D eigenvalue weighted by Gasteiger charge is -2.43. The first-order chi connectivity index (χ1) is 16.8. The van der Waals surface area contributed by atoms with Crippen molar-refractivity contribution in [2.45, 2.75) is 51.6 Å². The van der Waals surface area contributed by atoms with E-state index in [2.05, 4.69) is 29.0 Å². The Bertz CT molecular complexity index is 1280. The molecule has 0 saturated heterocycles. The average molecular weight is 475 g/mol. The molecule has 5 rings (SSSR count). The molecular weight excluding hydrogens is 443 g/mol. The molecule has 0 radical (unpaired) electrons. The maximum absolute atomic E-state index is 13.4. The Balaban J connectivity index is 1.37. The topological polar surface area (TPSA) is 63.5 Å². The van der Waals surface area contributed by atoms with E-state index >= 15 is 0 Å². The van der Waals surface area contributed by atoms with Crippen molar-refractivity contribution in [1.29, 1.82) is 0 Å². The van der Waals surface area contributed by atoms with Crippen molar-refractivity contribution in [3.05, 3.63) is 89.0 Å². The fourth-order valence-electron chi connectivity index (χ4n) is 5.75. The van der Waals surface area contributed by atoms with Crippen LogP contribution in [0.25, 0.3) is 11.8 Å². The number of rotatable bonds is 6. The van der Waals surface area contributed by atoms with Gasteiger partial charge in [0, 0.05) is 28.7 Å². The van der Waals surface area contributed by atoms with E-state index < -0.39 is 11.7 Å². The lowest BCUT2D eigenvalue weighted by atomic mass is 9.65. The monoisotopic (exact) mass is 474 g/mol. The van der Waals surface area contributed by atoms with Gasteiger partial charge < -0.3 is 14.4 Å². The number of nitrogens with zero attached hydrogens (tertiary/aromatic N) is 1. The van der Waals surface area contributed by atoms with Gasteiger partial charge in [-0.15, -0.1) is 0 Å². The van der Waals surface area contributed by atoms with Gasteiger partial charge in [0.05, 0.1) is 12.2 Å². The van der Waals surface area contributed by atoms with Crippen LogP contribution in [-0.2, 0) is 17.6 Å². The summed E-state index contributed by atoms with van der Waals surface area (Å²) in [5, 5.41) is 14.8. The molecule has 2 aliphatic carbocycles. The van der Waals surface area contributed by atoms with Crippen LogP contribution >= 0.6 is 0 Å². The first-order valence-corrected chi connectivity index (χ1v) is 12.2. The second-order valence-corrected chi connectivity index (χ2v) is 9.79. The molecule has 2 atom stereocenters. The molecule has 1 heterocycles. The van der Waals surface area contributed by atoms with Crippen molar-refractivity contribution in [2.75, 3.05) is 11.9 Å². The SMILES string of the molecule is CCOC(=O)Nc1ccccc1CC[C@]1(O)CCC2=Cc3c(ccn3-c3ccc(F)cc3)CC21C. The summed E-state index contributed by atoms with van der Waals surface area (Å²) in [6, 6.07) is 16.3. The van der Waals surface area contributed by atoms with E-state index in [-0.39, 0.29) is 11.2 Å². The first-order valence-electron chi connectivity index (χ1n) is 12.2. The molecule has 6 heteroatoms. The highest BCUT2D eigenvalue weighted by molar-refractivity contribution is 5.85. The van der Waals surface area contributed by atoms with Gasteiger partial charge in [0.1, 0.15) is 5.82 Å². The second kappa shape index (κ2) is 9.00. The zero-order valence-electron chi connectivity index (χ0n) is 20.2. The molecule has 182 valence electrons. The molecule has 0 aliphatic heterocycles. The third kappa shape index (κ3) is 4.16. The van der Waals surface area contributed by atoms with Crippen LogP contribution in [0.4, 0.5) is 14.9 Å². The normalized spacial score (nSPS) is 22.8. The Morgan fingerprint density at radius 3 is 2.71 bits per heavy atom. The van der Waals surface area contributed by atoms with Crippen molar-refractivity contribution in [3.8, 4) is 5.69 Å². The van der Waals surface area contributed by atoms with Gasteiger partial charge in [0.25, 0.3) is 0 Å². The molecule has 5 nitrogen and oxygen atoms in total. The minimum atomic E-state index is -0.856. The molecule has 1 unspecified atom stereocenters. The van der Waals surface area contributed by atoms with E-state index in [1.54, 1.807) is 19.1 Å². The smallest absolute Gasteiger partial charge is 0.411 e. The number of para-hydroxylation sites is 1. The van der Waals surface area contributed by atoms with E-state index in [1.165, 1.54) is 23.3 Å². The van der Waals surface area contributed by atoms with Crippen LogP contribution in [0.2, 0.25) is 0 Å². The largest absolute Gasteiger partial charge is 0.450 e. The molecular formula is C29H31FN2O3. The molecule has 0 bridgehead atoms. The summed E-state index contributed by atoms with van der Waals surface area (Å²) in [5.41, 5.74) is 4.95. The standard InChI is InChI=1S/C29H31FN2O3/c1-3-35-27(33)31-25-7-5-4-6-20(25)12-15-29(34)16-13-22-18-26-21(19-28(22,29)2)14-17-32(26)24-10-8-23(30)9-11-24/h4-11,14,17-18,34H,3,12-13,15-16,19H2,1-2H3,(H,31,33)/t28?,29-/m0/s1. The summed E-state index contributed by atoms with van der Waals surface area (Å²) in [5.74, 6) is -0.249. The van der Waals surface area contributed by atoms with Gasteiger partial charge in [-0.05, 0) is 92.6 Å². The van der Waals surface area contributed by atoms with Crippen LogP contribution < -0.4 is 5.32 Å². The van der Waals surface area contributed by atoms with Crippen LogP contribution in [0.3, 0.4) is 0 Å². The van der Waals surface area contributed by atoms with E-state index in [0.29, 0.717) is 25.9 Å². The van der Waals surface area contributed by atoms with Gasteiger partial charge in [-0.3, -0.25) is 5.32 Å². The zero-order valence-corrected chi connectivity index (χ0v) is 20.2. The van der Waals surface area contributed by atoms with Crippen molar-refractivity contribution < 1.29 is 19.0 Å². The number of fused-ring (bicyclic) bond motifs is 2. The number of hydrogen-bond acceptors (Lipinski definition) is 3. The first kappa shape index (κ1) is 23.4. The molecule has 1 aromatic heterocycles. The van der Waals surface area contributed by atoms with Crippen molar-refractivity contribution >= 4 is 17.9 Å². The van der Waals surface area contributed by atoms with E-state index in [4.69, 9.17) is 4.74 Å². The number of ether oxygens (including phenoxy) is 1. The van der Waals surface area contributed by atoms with Gasteiger partial charge >= 0.3 is 6.09 Å². The summed E-state index contributed by atoms with van der Waals surface area (Å²) in [4.78, 5) is 12.0. The number of aliphatic hydroxyl groups is 1. The highest BCUT2D eigenvalue weighted by Gasteiger charge is 2.54. The number of aryl methyl sites for hydroxylation is 1. The summed E-state index contributed by atoms with van der Waals surface area (Å²) >= 11 is 0. The number of aromatic nitrogens is 1. The molecule has 2 aliphatic rings. The number of nitrogens with one attached hydrogen (secondary N) is 1. The maximum Gasteiger partial charge on any atom is 0.411 e. The fourth-order valence-corrected chi connectivity index (χ4v) is 5.75. The molecule has 35 heavy (non-hydrogen) atoms. The Morgan fingerprint density at radius 1 is 1.17 bits per heavy atom. The number of carbonyl (C=O) groups excluding carboxylic acids is 1.